The van der Waals surface area contributed by atoms with Gasteiger partial charge in [0.25, 0.3) is 0 Å². The quantitative estimate of drug-likeness (QED) is 0.832. The molecule has 1 fully saturated rings. The first-order valence-electron chi connectivity index (χ1n) is 7.06. The number of likely N-dealkylation sites (tertiary alicyclic amines) is 1. The predicted molar refractivity (Wildman–Crippen MR) is 76.1 cm³/mol. The van der Waals surface area contributed by atoms with E-state index in [0.717, 1.165) is 37.6 Å². The van der Waals surface area contributed by atoms with E-state index in [0.29, 0.717) is 11.7 Å². The molecule has 0 atom stereocenters. The fourth-order valence-electron chi connectivity index (χ4n) is 2.53. The second-order valence-electron chi connectivity index (χ2n) is 5.65. The Morgan fingerprint density at radius 3 is 2.42 bits per heavy atom. The number of ether oxygens (including phenoxy) is 1. The van der Waals surface area contributed by atoms with Crippen LogP contribution in [0.15, 0.2) is 24.3 Å². The molecule has 0 aliphatic carbocycles. The Kier molecular flexibility index (Phi) is 4.81. The largest absolute Gasteiger partial charge is 0.490 e. The van der Waals surface area contributed by atoms with Gasteiger partial charge in [0.05, 0.1) is 11.6 Å². The van der Waals surface area contributed by atoms with Gasteiger partial charge in [0.1, 0.15) is 11.9 Å². The Labute approximate surface area is 115 Å². The molecule has 2 rings (SSSR count). The van der Waals surface area contributed by atoms with Crippen molar-refractivity contribution in [3.63, 3.8) is 0 Å². The number of hydrogen-bond acceptors (Lipinski definition) is 3. The molecule has 1 aromatic rings. The molecule has 0 aromatic heterocycles. The van der Waals surface area contributed by atoms with Crippen LogP contribution >= 0.6 is 0 Å². The number of rotatable bonds is 4. The summed E-state index contributed by atoms with van der Waals surface area (Å²) in [6.07, 6.45) is 2.50. The molecule has 1 aromatic carbocycles. The summed E-state index contributed by atoms with van der Waals surface area (Å²) in [5, 5.41) is 8.75. The average Bonchev–Trinajstić information content (AvgIpc) is 2.41. The highest BCUT2D eigenvalue weighted by molar-refractivity contribution is 5.34. The molecule has 1 saturated heterocycles. The fourth-order valence-corrected chi connectivity index (χ4v) is 2.53. The zero-order chi connectivity index (χ0) is 13.7. The van der Waals surface area contributed by atoms with Crippen LogP contribution in [0.3, 0.4) is 0 Å². The predicted octanol–water partition coefficient (Wildman–Crippen LogP) is 3.06. The van der Waals surface area contributed by atoms with Gasteiger partial charge in [0.2, 0.25) is 0 Å². The summed E-state index contributed by atoms with van der Waals surface area (Å²) in [6, 6.07) is 9.51. The van der Waals surface area contributed by atoms with E-state index in [4.69, 9.17) is 10.00 Å². The second-order valence-corrected chi connectivity index (χ2v) is 5.65. The van der Waals surface area contributed by atoms with E-state index in [-0.39, 0.29) is 0 Å². The summed E-state index contributed by atoms with van der Waals surface area (Å²) >= 11 is 0. The van der Waals surface area contributed by atoms with Gasteiger partial charge >= 0.3 is 0 Å². The van der Waals surface area contributed by atoms with E-state index in [1.165, 1.54) is 6.54 Å². The van der Waals surface area contributed by atoms with Crippen LogP contribution in [0.25, 0.3) is 0 Å². The third-order valence-electron chi connectivity index (χ3n) is 3.44. The topological polar surface area (TPSA) is 36.3 Å². The van der Waals surface area contributed by atoms with Crippen molar-refractivity contribution in [1.82, 2.24) is 4.90 Å². The minimum atomic E-state index is 0.316. The Morgan fingerprint density at radius 2 is 1.89 bits per heavy atom. The standard InChI is InChI=1S/C16H22N2O/c1-13(2)12-18-9-7-16(8-10-18)19-15-5-3-14(11-17)4-6-15/h3-6,13,16H,7-10,12H2,1-2H3. The van der Waals surface area contributed by atoms with Crippen LogP contribution in [0.1, 0.15) is 32.3 Å². The van der Waals surface area contributed by atoms with Gasteiger partial charge in [0.15, 0.2) is 0 Å². The van der Waals surface area contributed by atoms with Crippen molar-refractivity contribution in [2.75, 3.05) is 19.6 Å². The van der Waals surface area contributed by atoms with E-state index in [2.05, 4.69) is 24.8 Å². The van der Waals surface area contributed by atoms with Gasteiger partial charge in [-0.3, -0.25) is 0 Å². The molecule has 0 amide bonds. The first-order valence-corrected chi connectivity index (χ1v) is 7.06. The molecule has 0 N–H and O–H groups in total. The van der Waals surface area contributed by atoms with Crippen LogP contribution in [0.2, 0.25) is 0 Å². The Hall–Kier alpha value is -1.53. The van der Waals surface area contributed by atoms with Gasteiger partial charge in [-0.2, -0.15) is 5.26 Å². The van der Waals surface area contributed by atoms with Crippen LogP contribution in [0, 0.1) is 17.2 Å². The van der Waals surface area contributed by atoms with Crippen molar-refractivity contribution in [3.05, 3.63) is 29.8 Å². The monoisotopic (exact) mass is 258 g/mol. The van der Waals surface area contributed by atoms with E-state index < -0.39 is 0 Å². The van der Waals surface area contributed by atoms with Gasteiger partial charge in [-0.1, -0.05) is 13.8 Å². The molecule has 0 spiro atoms. The molecule has 19 heavy (non-hydrogen) atoms. The lowest BCUT2D eigenvalue weighted by atomic mass is 10.1. The molecular formula is C16H22N2O. The van der Waals surface area contributed by atoms with Crippen LogP contribution in [-0.4, -0.2) is 30.6 Å². The average molecular weight is 258 g/mol. The molecule has 3 nitrogen and oxygen atoms in total. The lowest BCUT2D eigenvalue weighted by molar-refractivity contribution is 0.0941. The van der Waals surface area contributed by atoms with Gasteiger partial charge < -0.3 is 9.64 Å². The van der Waals surface area contributed by atoms with E-state index >= 15 is 0 Å². The third-order valence-corrected chi connectivity index (χ3v) is 3.44. The van der Waals surface area contributed by atoms with E-state index in [1.54, 1.807) is 0 Å². The SMILES string of the molecule is CC(C)CN1CCC(Oc2ccc(C#N)cc2)CC1. The van der Waals surface area contributed by atoms with Crippen LogP contribution in [0.5, 0.6) is 5.75 Å². The summed E-state index contributed by atoms with van der Waals surface area (Å²) in [5.41, 5.74) is 0.680. The van der Waals surface area contributed by atoms with E-state index in [1.807, 2.05) is 24.3 Å². The molecule has 0 radical (unpaired) electrons. The first kappa shape index (κ1) is 13.9. The molecule has 1 aliphatic heterocycles. The lowest BCUT2D eigenvalue weighted by Crippen LogP contribution is -2.39. The van der Waals surface area contributed by atoms with E-state index in [9.17, 15) is 0 Å². The smallest absolute Gasteiger partial charge is 0.119 e. The van der Waals surface area contributed by atoms with Gasteiger partial charge in [0, 0.05) is 19.6 Å². The Morgan fingerprint density at radius 1 is 1.26 bits per heavy atom. The van der Waals surface area contributed by atoms with Crippen molar-refractivity contribution >= 4 is 0 Å². The van der Waals surface area contributed by atoms with Gasteiger partial charge in [-0.05, 0) is 43.0 Å². The maximum Gasteiger partial charge on any atom is 0.119 e. The Balaban J connectivity index is 1.80. The van der Waals surface area contributed by atoms with Crippen molar-refractivity contribution in [1.29, 1.82) is 5.26 Å². The minimum Gasteiger partial charge on any atom is -0.490 e. The summed E-state index contributed by atoms with van der Waals surface area (Å²) in [6.45, 7) is 7.96. The highest BCUT2D eigenvalue weighted by Gasteiger charge is 2.20. The lowest BCUT2D eigenvalue weighted by Gasteiger charge is -2.33. The molecule has 0 bridgehead atoms. The maximum atomic E-state index is 8.75. The van der Waals surface area contributed by atoms with Gasteiger partial charge in [-0.15, -0.1) is 0 Å². The molecular weight excluding hydrogens is 236 g/mol. The molecule has 3 heteroatoms. The zero-order valence-corrected chi connectivity index (χ0v) is 11.8. The highest BCUT2D eigenvalue weighted by atomic mass is 16.5. The number of nitriles is 1. The summed E-state index contributed by atoms with van der Waals surface area (Å²) in [5.74, 6) is 1.61. The van der Waals surface area contributed by atoms with Crippen LogP contribution < -0.4 is 4.74 Å². The maximum absolute atomic E-state index is 8.75. The van der Waals surface area contributed by atoms with Crippen LogP contribution in [-0.2, 0) is 0 Å². The van der Waals surface area contributed by atoms with Crippen LogP contribution in [0.4, 0.5) is 0 Å². The first-order chi connectivity index (χ1) is 9.17. The molecule has 1 aliphatic rings. The zero-order valence-electron chi connectivity index (χ0n) is 11.8. The summed E-state index contributed by atoms with van der Waals surface area (Å²) in [7, 11) is 0. The fraction of sp³-hybridized carbons (Fsp3) is 0.562. The molecule has 102 valence electrons. The number of hydrogen-bond donors (Lipinski definition) is 0. The highest BCUT2D eigenvalue weighted by Crippen LogP contribution is 2.20. The van der Waals surface area contributed by atoms with Crippen molar-refractivity contribution in [2.24, 2.45) is 5.92 Å². The minimum absolute atomic E-state index is 0.316. The molecule has 0 unspecified atom stereocenters. The summed E-state index contributed by atoms with van der Waals surface area (Å²) < 4.78 is 5.97. The van der Waals surface area contributed by atoms with Crippen molar-refractivity contribution in [3.8, 4) is 11.8 Å². The molecule has 0 saturated carbocycles. The number of benzene rings is 1. The normalized spacial score (nSPS) is 17.4. The number of piperidine rings is 1. The Bertz CT molecular complexity index is 425. The molecule has 1 heterocycles. The summed E-state index contributed by atoms with van der Waals surface area (Å²) in [4.78, 5) is 2.52. The van der Waals surface area contributed by atoms with Gasteiger partial charge in [-0.25, -0.2) is 0 Å². The second kappa shape index (κ2) is 6.58. The van der Waals surface area contributed by atoms with Crippen molar-refractivity contribution in [2.45, 2.75) is 32.8 Å². The van der Waals surface area contributed by atoms with Crippen molar-refractivity contribution < 1.29 is 4.74 Å². The third kappa shape index (κ3) is 4.25. The number of nitrogens with zero attached hydrogens (tertiary/aromatic N) is 2.